The summed E-state index contributed by atoms with van der Waals surface area (Å²) in [5.41, 5.74) is 3.48. The first-order valence-electron chi connectivity index (χ1n) is 8.61. The average molecular weight is 377 g/mol. The summed E-state index contributed by atoms with van der Waals surface area (Å²) < 4.78 is 28.7. The zero-order valence-electron chi connectivity index (χ0n) is 14.8. The molecule has 0 bridgehead atoms. The topological polar surface area (TPSA) is 74.8 Å². The highest BCUT2D eigenvalue weighted by molar-refractivity contribution is 7.89. The molecule has 3 aromatic carbocycles. The fourth-order valence-electron chi connectivity index (χ4n) is 2.98. The second kappa shape index (κ2) is 6.98. The van der Waals surface area contributed by atoms with Gasteiger partial charge in [0, 0.05) is 0 Å². The maximum Gasteiger partial charge on any atom is 0.241 e. The monoisotopic (exact) mass is 377 g/mol. The predicted molar refractivity (Wildman–Crippen MR) is 106 cm³/mol. The number of aromatic nitrogens is 2. The molecule has 0 saturated heterocycles. The van der Waals surface area contributed by atoms with Crippen LogP contribution in [0.3, 0.4) is 0 Å². The van der Waals surface area contributed by atoms with Gasteiger partial charge >= 0.3 is 0 Å². The summed E-state index contributed by atoms with van der Waals surface area (Å²) in [4.78, 5) is 8.07. The van der Waals surface area contributed by atoms with Gasteiger partial charge in [0.1, 0.15) is 11.9 Å². The average Bonchev–Trinajstić information content (AvgIpc) is 3.11. The molecule has 4 rings (SSSR count). The van der Waals surface area contributed by atoms with Gasteiger partial charge in [-0.2, -0.15) is 4.72 Å². The number of H-pyrrole nitrogens is 1. The van der Waals surface area contributed by atoms with Crippen LogP contribution in [0.15, 0.2) is 83.8 Å². The van der Waals surface area contributed by atoms with Crippen LogP contribution < -0.4 is 4.72 Å². The molecular weight excluding hydrogens is 358 g/mol. The fourth-order valence-corrected chi connectivity index (χ4v) is 4.17. The molecule has 0 fully saturated rings. The van der Waals surface area contributed by atoms with E-state index >= 15 is 0 Å². The number of sulfonamides is 1. The third kappa shape index (κ3) is 3.63. The van der Waals surface area contributed by atoms with E-state index in [0.717, 1.165) is 22.2 Å². The second-order valence-corrected chi connectivity index (χ2v) is 8.13. The number of fused-ring (bicyclic) bond motifs is 1. The van der Waals surface area contributed by atoms with Gasteiger partial charge < -0.3 is 4.98 Å². The van der Waals surface area contributed by atoms with Gasteiger partial charge in [-0.05, 0) is 36.8 Å². The molecule has 1 atom stereocenters. The molecule has 0 aliphatic heterocycles. The fraction of sp³-hybridized carbons (Fsp3) is 0.0952. The van der Waals surface area contributed by atoms with E-state index < -0.39 is 16.1 Å². The number of aromatic amines is 1. The molecule has 4 aromatic rings. The Kier molecular flexibility index (Phi) is 4.51. The highest BCUT2D eigenvalue weighted by Crippen LogP contribution is 2.25. The van der Waals surface area contributed by atoms with Crippen molar-refractivity contribution in [1.82, 2.24) is 14.7 Å². The number of nitrogens with zero attached hydrogens (tertiary/aromatic N) is 1. The Bertz CT molecular complexity index is 1130. The molecule has 6 heteroatoms. The van der Waals surface area contributed by atoms with Gasteiger partial charge in [-0.25, -0.2) is 13.4 Å². The summed E-state index contributed by atoms with van der Waals surface area (Å²) in [5.74, 6) is 0.554. The molecule has 136 valence electrons. The lowest BCUT2D eigenvalue weighted by atomic mass is 10.1. The van der Waals surface area contributed by atoms with Crippen LogP contribution in [0.2, 0.25) is 0 Å². The number of nitrogens with one attached hydrogen (secondary N) is 2. The first-order valence-corrected chi connectivity index (χ1v) is 10.1. The van der Waals surface area contributed by atoms with Crippen LogP contribution in [0.4, 0.5) is 0 Å². The number of rotatable bonds is 5. The standard InChI is InChI=1S/C21H19N3O2S/c1-15-11-13-17(14-12-15)27(25,26)24-20(16-7-3-2-4-8-16)21-22-18-9-5-6-10-19(18)23-21/h2-14,20,24H,1H3,(H,22,23). The Hall–Kier alpha value is -2.96. The highest BCUT2D eigenvalue weighted by Gasteiger charge is 2.25. The zero-order valence-corrected chi connectivity index (χ0v) is 15.6. The van der Waals surface area contributed by atoms with Crippen LogP contribution in [0.5, 0.6) is 0 Å². The first kappa shape index (κ1) is 17.5. The molecule has 1 heterocycles. The Balaban J connectivity index is 1.78. The molecular formula is C21H19N3O2S. The Morgan fingerprint density at radius 2 is 1.56 bits per heavy atom. The van der Waals surface area contributed by atoms with Crippen molar-refractivity contribution in [3.63, 3.8) is 0 Å². The minimum Gasteiger partial charge on any atom is -0.340 e. The van der Waals surface area contributed by atoms with Crippen molar-refractivity contribution in [2.45, 2.75) is 17.9 Å². The predicted octanol–water partition coefficient (Wildman–Crippen LogP) is 3.94. The van der Waals surface area contributed by atoms with Gasteiger partial charge in [0.05, 0.1) is 15.9 Å². The molecule has 1 unspecified atom stereocenters. The summed E-state index contributed by atoms with van der Waals surface area (Å²) >= 11 is 0. The van der Waals surface area contributed by atoms with Crippen LogP contribution in [0, 0.1) is 6.92 Å². The molecule has 1 aromatic heterocycles. The SMILES string of the molecule is Cc1ccc(S(=O)(=O)NC(c2ccccc2)c2nc3ccccc3[nH]2)cc1. The minimum atomic E-state index is -3.72. The number of hydrogen-bond donors (Lipinski definition) is 2. The molecule has 5 nitrogen and oxygen atoms in total. The maximum atomic E-state index is 13.0. The van der Waals surface area contributed by atoms with Crippen LogP contribution in [-0.4, -0.2) is 18.4 Å². The Labute approximate surface area is 158 Å². The second-order valence-electron chi connectivity index (χ2n) is 6.42. The maximum absolute atomic E-state index is 13.0. The van der Waals surface area contributed by atoms with Crippen molar-refractivity contribution in [3.8, 4) is 0 Å². The lowest BCUT2D eigenvalue weighted by Crippen LogP contribution is -2.30. The van der Waals surface area contributed by atoms with Gasteiger partial charge in [0.2, 0.25) is 10.0 Å². The van der Waals surface area contributed by atoms with Crippen molar-refractivity contribution >= 4 is 21.1 Å². The molecule has 0 aliphatic rings. The van der Waals surface area contributed by atoms with Crippen molar-refractivity contribution in [3.05, 3.63) is 95.8 Å². The highest BCUT2D eigenvalue weighted by atomic mass is 32.2. The van der Waals surface area contributed by atoms with Crippen molar-refractivity contribution in [2.24, 2.45) is 0 Å². The summed E-state index contributed by atoms with van der Waals surface area (Å²) in [5, 5.41) is 0. The minimum absolute atomic E-state index is 0.227. The molecule has 0 saturated carbocycles. The van der Waals surface area contributed by atoms with Crippen molar-refractivity contribution in [2.75, 3.05) is 0 Å². The van der Waals surface area contributed by atoms with Crippen LogP contribution >= 0.6 is 0 Å². The van der Waals surface area contributed by atoms with E-state index in [1.54, 1.807) is 24.3 Å². The van der Waals surface area contributed by atoms with E-state index in [1.807, 2.05) is 61.5 Å². The van der Waals surface area contributed by atoms with E-state index in [-0.39, 0.29) is 4.90 Å². The zero-order chi connectivity index (χ0) is 18.9. The number of para-hydroxylation sites is 2. The Morgan fingerprint density at radius 1 is 0.889 bits per heavy atom. The number of hydrogen-bond acceptors (Lipinski definition) is 3. The third-order valence-corrected chi connectivity index (χ3v) is 5.86. The largest absolute Gasteiger partial charge is 0.340 e. The molecule has 27 heavy (non-hydrogen) atoms. The van der Waals surface area contributed by atoms with E-state index in [2.05, 4.69) is 14.7 Å². The lowest BCUT2D eigenvalue weighted by molar-refractivity contribution is 0.568. The van der Waals surface area contributed by atoms with Crippen LogP contribution in [-0.2, 0) is 10.0 Å². The van der Waals surface area contributed by atoms with Crippen LogP contribution in [0.1, 0.15) is 23.0 Å². The van der Waals surface area contributed by atoms with Gasteiger partial charge in [0.15, 0.2) is 0 Å². The third-order valence-electron chi connectivity index (χ3n) is 4.42. The Morgan fingerprint density at radius 3 is 2.26 bits per heavy atom. The summed E-state index contributed by atoms with van der Waals surface area (Å²) in [6.07, 6.45) is 0. The van der Waals surface area contributed by atoms with Gasteiger partial charge in [-0.1, -0.05) is 60.2 Å². The van der Waals surface area contributed by atoms with Crippen molar-refractivity contribution < 1.29 is 8.42 Å². The van der Waals surface area contributed by atoms with E-state index in [1.165, 1.54) is 0 Å². The summed E-state index contributed by atoms with van der Waals surface area (Å²) in [6, 6.07) is 23.2. The van der Waals surface area contributed by atoms with E-state index in [9.17, 15) is 8.42 Å². The normalized spacial score (nSPS) is 12.9. The van der Waals surface area contributed by atoms with E-state index in [4.69, 9.17) is 0 Å². The summed E-state index contributed by atoms with van der Waals surface area (Å²) in [6.45, 7) is 1.92. The summed E-state index contributed by atoms with van der Waals surface area (Å²) in [7, 11) is -3.72. The first-order chi connectivity index (χ1) is 13.0. The molecule has 0 radical (unpaired) electrons. The molecule has 0 spiro atoms. The molecule has 2 N–H and O–H groups in total. The van der Waals surface area contributed by atoms with Gasteiger partial charge in [0.25, 0.3) is 0 Å². The molecule has 0 amide bonds. The molecule has 0 aliphatic carbocycles. The quantitative estimate of drug-likeness (QED) is 0.553. The number of aryl methyl sites for hydroxylation is 1. The van der Waals surface area contributed by atoms with Crippen molar-refractivity contribution in [1.29, 1.82) is 0 Å². The number of benzene rings is 3. The van der Waals surface area contributed by atoms with Gasteiger partial charge in [-0.3, -0.25) is 0 Å². The lowest BCUT2D eigenvalue weighted by Gasteiger charge is -2.17. The van der Waals surface area contributed by atoms with E-state index in [0.29, 0.717) is 5.82 Å². The van der Waals surface area contributed by atoms with Crippen LogP contribution in [0.25, 0.3) is 11.0 Å². The van der Waals surface area contributed by atoms with Gasteiger partial charge in [-0.15, -0.1) is 0 Å². The number of imidazole rings is 1. The smallest absolute Gasteiger partial charge is 0.241 e.